The quantitative estimate of drug-likeness (QED) is 0.854. The number of hydrogen-bond donors (Lipinski definition) is 1. The molecule has 2 saturated heterocycles. The molecule has 0 radical (unpaired) electrons. The standard InChI is InChI=1S/C15H24N2O4/c18-14(19)10-21-13-4-6-16(7-5-13)15(20)17-8-11-2-1-3-12(11)9-17/h11-13H,1-10H2,(H,18,19). The van der Waals surface area contributed by atoms with Gasteiger partial charge in [-0.2, -0.15) is 0 Å². The van der Waals surface area contributed by atoms with Crippen LogP contribution in [0.5, 0.6) is 0 Å². The number of urea groups is 1. The highest BCUT2D eigenvalue weighted by molar-refractivity contribution is 5.75. The van der Waals surface area contributed by atoms with Gasteiger partial charge < -0.3 is 19.6 Å². The van der Waals surface area contributed by atoms with Gasteiger partial charge in [-0.15, -0.1) is 0 Å². The molecule has 2 unspecified atom stereocenters. The third-order valence-corrected chi connectivity index (χ3v) is 5.15. The molecule has 0 bridgehead atoms. The van der Waals surface area contributed by atoms with Crippen molar-refractivity contribution in [2.75, 3.05) is 32.8 Å². The highest BCUT2D eigenvalue weighted by atomic mass is 16.5. The summed E-state index contributed by atoms with van der Waals surface area (Å²) in [5, 5.41) is 8.61. The topological polar surface area (TPSA) is 70.1 Å². The predicted octanol–water partition coefficient (Wildman–Crippen LogP) is 1.40. The highest BCUT2D eigenvalue weighted by Gasteiger charge is 2.39. The van der Waals surface area contributed by atoms with E-state index in [1.807, 2.05) is 9.80 Å². The highest BCUT2D eigenvalue weighted by Crippen LogP contribution is 2.38. The Kier molecular flexibility index (Phi) is 4.33. The lowest BCUT2D eigenvalue weighted by Gasteiger charge is -2.34. The maximum Gasteiger partial charge on any atom is 0.329 e. The third kappa shape index (κ3) is 3.31. The molecule has 0 aromatic carbocycles. The fourth-order valence-electron chi connectivity index (χ4n) is 3.99. The Morgan fingerprint density at radius 1 is 1.00 bits per heavy atom. The summed E-state index contributed by atoms with van der Waals surface area (Å²) >= 11 is 0. The molecule has 2 atom stereocenters. The Labute approximate surface area is 125 Å². The van der Waals surface area contributed by atoms with Gasteiger partial charge in [0, 0.05) is 26.2 Å². The molecule has 2 amide bonds. The summed E-state index contributed by atoms with van der Waals surface area (Å²) < 4.78 is 5.31. The van der Waals surface area contributed by atoms with E-state index in [2.05, 4.69) is 0 Å². The number of likely N-dealkylation sites (tertiary alicyclic amines) is 2. The van der Waals surface area contributed by atoms with Gasteiger partial charge in [-0.3, -0.25) is 0 Å². The van der Waals surface area contributed by atoms with Crippen LogP contribution in [-0.4, -0.2) is 65.8 Å². The van der Waals surface area contributed by atoms with Crippen molar-refractivity contribution in [2.24, 2.45) is 11.8 Å². The Hall–Kier alpha value is -1.30. The molecule has 0 spiro atoms. The number of hydrogen-bond acceptors (Lipinski definition) is 3. The second-order valence-corrected chi connectivity index (χ2v) is 6.53. The summed E-state index contributed by atoms with van der Waals surface area (Å²) in [7, 11) is 0. The number of carbonyl (C=O) groups excluding carboxylic acids is 1. The molecule has 2 aliphatic heterocycles. The summed E-state index contributed by atoms with van der Waals surface area (Å²) in [5.74, 6) is 0.521. The van der Waals surface area contributed by atoms with Crippen LogP contribution in [-0.2, 0) is 9.53 Å². The van der Waals surface area contributed by atoms with E-state index < -0.39 is 5.97 Å². The summed E-state index contributed by atoms with van der Waals surface area (Å²) in [4.78, 5) is 26.9. The van der Waals surface area contributed by atoms with E-state index in [1.54, 1.807) is 0 Å². The minimum Gasteiger partial charge on any atom is -0.480 e. The number of fused-ring (bicyclic) bond motifs is 1. The van der Waals surface area contributed by atoms with Crippen molar-refractivity contribution in [2.45, 2.75) is 38.2 Å². The smallest absolute Gasteiger partial charge is 0.329 e. The number of rotatable bonds is 3. The number of amides is 2. The molecule has 2 heterocycles. The van der Waals surface area contributed by atoms with Crippen LogP contribution in [0.2, 0.25) is 0 Å². The Balaban J connectivity index is 1.44. The zero-order chi connectivity index (χ0) is 14.8. The summed E-state index contributed by atoms with van der Waals surface area (Å²) in [6.45, 7) is 2.97. The molecule has 6 heteroatoms. The largest absolute Gasteiger partial charge is 0.480 e. The van der Waals surface area contributed by atoms with Crippen LogP contribution in [0.25, 0.3) is 0 Å². The van der Waals surface area contributed by atoms with Gasteiger partial charge in [-0.25, -0.2) is 9.59 Å². The predicted molar refractivity (Wildman–Crippen MR) is 76.0 cm³/mol. The molecule has 6 nitrogen and oxygen atoms in total. The van der Waals surface area contributed by atoms with Crippen LogP contribution >= 0.6 is 0 Å². The molecular weight excluding hydrogens is 272 g/mol. The average Bonchev–Trinajstić information content (AvgIpc) is 3.06. The molecule has 118 valence electrons. The zero-order valence-corrected chi connectivity index (χ0v) is 12.4. The summed E-state index contributed by atoms with van der Waals surface area (Å²) in [5.41, 5.74) is 0. The molecule has 1 N–H and O–H groups in total. The average molecular weight is 296 g/mol. The first-order chi connectivity index (χ1) is 10.1. The maximum atomic E-state index is 12.5. The van der Waals surface area contributed by atoms with Crippen molar-refractivity contribution < 1.29 is 19.4 Å². The van der Waals surface area contributed by atoms with E-state index in [-0.39, 0.29) is 18.7 Å². The van der Waals surface area contributed by atoms with Gasteiger partial charge in [0.25, 0.3) is 0 Å². The number of carbonyl (C=O) groups is 2. The Bertz CT molecular complexity index is 394. The van der Waals surface area contributed by atoms with E-state index in [4.69, 9.17) is 9.84 Å². The molecule has 1 saturated carbocycles. The first kappa shape index (κ1) is 14.6. The number of nitrogens with zero attached hydrogens (tertiary/aromatic N) is 2. The number of ether oxygens (including phenoxy) is 1. The van der Waals surface area contributed by atoms with E-state index in [9.17, 15) is 9.59 Å². The molecule has 0 aromatic heterocycles. The lowest BCUT2D eigenvalue weighted by Crippen LogP contribution is -2.47. The van der Waals surface area contributed by atoms with Crippen LogP contribution in [0, 0.1) is 11.8 Å². The van der Waals surface area contributed by atoms with Gasteiger partial charge in [0.05, 0.1) is 6.10 Å². The Morgan fingerprint density at radius 2 is 1.62 bits per heavy atom. The third-order valence-electron chi connectivity index (χ3n) is 5.15. The number of aliphatic carboxylic acids is 1. The van der Waals surface area contributed by atoms with Gasteiger partial charge in [0.2, 0.25) is 0 Å². The van der Waals surface area contributed by atoms with Crippen molar-refractivity contribution >= 4 is 12.0 Å². The second-order valence-electron chi connectivity index (χ2n) is 6.53. The van der Waals surface area contributed by atoms with Gasteiger partial charge in [0.1, 0.15) is 6.61 Å². The SMILES string of the molecule is O=C(O)COC1CCN(C(=O)N2CC3CCCC3C2)CC1. The monoisotopic (exact) mass is 296 g/mol. The lowest BCUT2D eigenvalue weighted by molar-refractivity contribution is -0.145. The first-order valence-electron chi connectivity index (χ1n) is 8.00. The van der Waals surface area contributed by atoms with Gasteiger partial charge in [-0.05, 0) is 37.5 Å². The number of piperidine rings is 1. The molecule has 0 aromatic rings. The molecule has 3 rings (SSSR count). The number of carboxylic acid groups (broad SMARTS) is 1. The van der Waals surface area contributed by atoms with E-state index in [1.165, 1.54) is 19.3 Å². The fraction of sp³-hybridized carbons (Fsp3) is 0.867. The minimum absolute atomic E-state index is 0.0249. The van der Waals surface area contributed by atoms with Crippen molar-refractivity contribution in [3.63, 3.8) is 0 Å². The van der Waals surface area contributed by atoms with Gasteiger partial charge in [0.15, 0.2) is 0 Å². The Morgan fingerprint density at radius 3 is 2.19 bits per heavy atom. The van der Waals surface area contributed by atoms with Gasteiger partial charge in [-0.1, -0.05) is 6.42 Å². The van der Waals surface area contributed by atoms with Crippen LogP contribution in [0.15, 0.2) is 0 Å². The van der Waals surface area contributed by atoms with Crippen LogP contribution in [0.4, 0.5) is 4.79 Å². The summed E-state index contributed by atoms with van der Waals surface area (Å²) in [6.07, 6.45) is 5.32. The first-order valence-corrected chi connectivity index (χ1v) is 8.00. The molecule has 1 aliphatic carbocycles. The second kappa shape index (κ2) is 6.22. The van der Waals surface area contributed by atoms with Crippen molar-refractivity contribution in [1.29, 1.82) is 0 Å². The van der Waals surface area contributed by atoms with Crippen LogP contribution in [0.3, 0.4) is 0 Å². The van der Waals surface area contributed by atoms with Crippen molar-refractivity contribution in [3.8, 4) is 0 Å². The minimum atomic E-state index is -0.933. The fourth-order valence-corrected chi connectivity index (χ4v) is 3.99. The maximum absolute atomic E-state index is 12.5. The van der Waals surface area contributed by atoms with Crippen LogP contribution in [0.1, 0.15) is 32.1 Å². The molecule has 3 aliphatic rings. The normalized spacial score (nSPS) is 29.7. The number of carboxylic acids is 1. The molecule has 21 heavy (non-hydrogen) atoms. The zero-order valence-electron chi connectivity index (χ0n) is 12.4. The van der Waals surface area contributed by atoms with Crippen LogP contribution < -0.4 is 0 Å². The van der Waals surface area contributed by atoms with E-state index in [0.717, 1.165) is 37.8 Å². The van der Waals surface area contributed by atoms with Crippen molar-refractivity contribution in [1.82, 2.24) is 9.80 Å². The van der Waals surface area contributed by atoms with E-state index >= 15 is 0 Å². The lowest BCUT2D eigenvalue weighted by atomic mass is 10.0. The van der Waals surface area contributed by atoms with E-state index in [0.29, 0.717) is 13.1 Å². The summed E-state index contributed by atoms with van der Waals surface area (Å²) in [6, 6.07) is 0.168. The molecular formula is C15H24N2O4. The molecule has 3 fully saturated rings. The van der Waals surface area contributed by atoms with Crippen molar-refractivity contribution in [3.05, 3.63) is 0 Å². The van der Waals surface area contributed by atoms with Gasteiger partial charge >= 0.3 is 12.0 Å².